The van der Waals surface area contributed by atoms with Crippen molar-refractivity contribution in [3.8, 4) is 11.5 Å². The molecule has 1 heterocycles. The molecule has 1 fully saturated rings. The van der Waals surface area contributed by atoms with E-state index in [0.717, 1.165) is 5.75 Å². The average molecular weight is 294 g/mol. The maximum absolute atomic E-state index is 9.80. The van der Waals surface area contributed by atoms with Gasteiger partial charge in [0.25, 0.3) is 0 Å². The highest BCUT2D eigenvalue weighted by Crippen LogP contribution is 2.54. The smallest absolute Gasteiger partial charge is 0.127 e. The molecule has 2 aromatic carbocycles. The predicted octanol–water partition coefficient (Wildman–Crippen LogP) is 5.03. The largest absolute Gasteiger partial charge is 0.508 e. The van der Waals surface area contributed by atoms with Gasteiger partial charge in [-0.15, -0.1) is 0 Å². The molecule has 0 amide bonds. The van der Waals surface area contributed by atoms with Gasteiger partial charge in [0.15, 0.2) is 0 Å². The molecule has 0 bridgehead atoms. The van der Waals surface area contributed by atoms with Gasteiger partial charge in [-0.3, -0.25) is 0 Å². The lowest BCUT2D eigenvalue weighted by Gasteiger charge is -2.36. The monoisotopic (exact) mass is 294 g/mol. The second-order valence-corrected chi connectivity index (χ2v) is 6.81. The Kier molecular flexibility index (Phi) is 3.14. The topological polar surface area (TPSA) is 29.5 Å². The first-order valence-electron chi connectivity index (χ1n) is 8.20. The van der Waals surface area contributed by atoms with E-state index >= 15 is 0 Å². The van der Waals surface area contributed by atoms with Crippen LogP contribution in [-0.4, -0.2) is 5.11 Å². The van der Waals surface area contributed by atoms with E-state index in [-0.39, 0.29) is 6.10 Å². The molecule has 0 unspecified atom stereocenters. The summed E-state index contributed by atoms with van der Waals surface area (Å²) in [5.74, 6) is 2.33. The van der Waals surface area contributed by atoms with Crippen molar-refractivity contribution in [2.45, 2.75) is 45.1 Å². The first kappa shape index (κ1) is 13.7. The zero-order chi connectivity index (χ0) is 15.3. The number of fused-ring (bicyclic) bond motifs is 3. The SMILES string of the molecule is Cc1ccc([C@H]2Oc3ccc(O)cc3[C@H]3CCC[C@H]32)cc1C. The molecule has 2 heteroatoms. The molecule has 1 saturated carbocycles. The number of rotatable bonds is 1. The number of aryl methyl sites for hydroxylation is 2. The molecule has 1 aliphatic carbocycles. The van der Waals surface area contributed by atoms with E-state index in [9.17, 15) is 5.11 Å². The number of benzene rings is 2. The van der Waals surface area contributed by atoms with Gasteiger partial charge in [0, 0.05) is 11.5 Å². The Hall–Kier alpha value is -1.96. The predicted molar refractivity (Wildman–Crippen MR) is 87.5 cm³/mol. The first-order valence-corrected chi connectivity index (χ1v) is 8.20. The van der Waals surface area contributed by atoms with Gasteiger partial charge in [0.2, 0.25) is 0 Å². The third-order valence-electron chi connectivity index (χ3n) is 5.46. The van der Waals surface area contributed by atoms with Crippen molar-refractivity contribution in [1.29, 1.82) is 0 Å². The van der Waals surface area contributed by atoms with Crippen LogP contribution in [0.5, 0.6) is 11.5 Å². The molecule has 0 aromatic heterocycles. The van der Waals surface area contributed by atoms with Crippen molar-refractivity contribution in [2.24, 2.45) is 5.92 Å². The Balaban J connectivity index is 1.78. The second-order valence-electron chi connectivity index (χ2n) is 6.81. The van der Waals surface area contributed by atoms with E-state index in [1.807, 2.05) is 12.1 Å². The minimum Gasteiger partial charge on any atom is -0.508 e. The fraction of sp³-hybridized carbons (Fsp3) is 0.400. The Labute approximate surface area is 131 Å². The fourth-order valence-corrected chi connectivity index (χ4v) is 4.15. The van der Waals surface area contributed by atoms with E-state index in [4.69, 9.17) is 4.74 Å². The Morgan fingerprint density at radius 1 is 1.00 bits per heavy atom. The van der Waals surface area contributed by atoms with Crippen molar-refractivity contribution in [3.63, 3.8) is 0 Å². The van der Waals surface area contributed by atoms with Crippen molar-refractivity contribution >= 4 is 0 Å². The van der Waals surface area contributed by atoms with Crippen molar-refractivity contribution in [1.82, 2.24) is 0 Å². The molecule has 2 aromatic rings. The van der Waals surface area contributed by atoms with Crippen LogP contribution in [0.1, 0.15) is 53.5 Å². The van der Waals surface area contributed by atoms with Gasteiger partial charge in [0.1, 0.15) is 17.6 Å². The quantitative estimate of drug-likeness (QED) is 0.799. The van der Waals surface area contributed by atoms with Gasteiger partial charge in [-0.25, -0.2) is 0 Å². The Bertz CT molecular complexity index is 720. The third-order valence-corrected chi connectivity index (χ3v) is 5.46. The zero-order valence-corrected chi connectivity index (χ0v) is 13.2. The summed E-state index contributed by atoms with van der Waals surface area (Å²) >= 11 is 0. The summed E-state index contributed by atoms with van der Waals surface area (Å²) in [5.41, 5.74) is 5.14. The van der Waals surface area contributed by atoms with Gasteiger partial charge >= 0.3 is 0 Å². The van der Waals surface area contributed by atoms with Crippen molar-refractivity contribution in [2.75, 3.05) is 0 Å². The zero-order valence-electron chi connectivity index (χ0n) is 13.2. The number of phenolic OH excluding ortho intramolecular Hbond substituents is 1. The number of aromatic hydroxyl groups is 1. The second kappa shape index (κ2) is 5.05. The van der Waals surface area contributed by atoms with Crippen LogP contribution in [0.15, 0.2) is 36.4 Å². The molecular weight excluding hydrogens is 272 g/mol. The number of ether oxygens (including phenoxy) is 1. The molecule has 0 spiro atoms. The van der Waals surface area contributed by atoms with Crippen LogP contribution >= 0.6 is 0 Å². The van der Waals surface area contributed by atoms with Crippen LogP contribution in [0, 0.1) is 19.8 Å². The van der Waals surface area contributed by atoms with Crippen LogP contribution in [0.3, 0.4) is 0 Å². The molecule has 114 valence electrons. The maximum Gasteiger partial charge on any atom is 0.127 e. The minimum atomic E-state index is 0.142. The molecule has 2 nitrogen and oxygen atoms in total. The summed E-state index contributed by atoms with van der Waals surface area (Å²) in [6.07, 6.45) is 3.79. The molecule has 0 radical (unpaired) electrons. The van der Waals surface area contributed by atoms with Gasteiger partial charge in [-0.05, 0) is 67.5 Å². The van der Waals surface area contributed by atoms with E-state index < -0.39 is 0 Å². The lowest BCUT2D eigenvalue weighted by molar-refractivity contribution is 0.104. The van der Waals surface area contributed by atoms with Crippen LogP contribution in [-0.2, 0) is 0 Å². The van der Waals surface area contributed by atoms with Crippen LogP contribution in [0.2, 0.25) is 0 Å². The standard InChI is InChI=1S/C20H22O2/c1-12-6-7-14(10-13(12)2)20-17-5-3-4-16(17)18-11-15(21)8-9-19(18)22-20/h6-11,16-17,20-21H,3-5H2,1-2H3/t16-,17+,20+/m0/s1. The lowest BCUT2D eigenvalue weighted by Crippen LogP contribution is -2.26. The van der Waals surface area contributed by atoms with Gasteiger partial charge in [0.05, 0.1) is 0 Å². The van der Waals surface area contributed by atoms with Crippen molar-refractivity contribution in [3.05, 3.63) is 58.7 Å². The summed E-state index contributed by atoms with van der Waals surface area (Å²) in [6, 6.07) is 12.2. The molecule has 4 rings (SSSR count). The van der Waals surface area contributed by atoms with Crippen LogP contribution in [0.25, 0.3) is 0 Å². The number of phenols is 1. The summed E-state index contributed by atoms with van der Waals surface area (Å²) in [7, 11) is 0. The molecule has 3 atom stereocenters. The summed E-state index contributed by atoms with van der Waals surface area (Å²) in [6.45, 7) is 4.32. The van der Waals surface area contributed by atoms with Crippen molar-refractivity contribution < 1.29 is 9.84 Å². The first-order chi connectivity index (χ1) is 10.6. The normalized spacial score (nSPS) is 26.2. The highest BCUT2D eigenvalue weighted by Gasteiger charge is 2.42. The maximum atomic E-state index is 9.80. The molecule has 1 N–H and O–H groups in total. The fourth-order valence-electron chi connectivity index (χ4n) is 4.15. The Morgan fingerprint density at radius 2 is 1.86 bits per heavy atom. The molecular formula is C20H22O2. The van der Waals surface area contributed by atoms with Crippen LogP contribution in [0.4, 0.5) is 0 Å². The number of hydrogen-bond acceptors (Lipinski definition) is 2. The van der Waals surface area contributed by atoms with Crippen LogP contribution < -0.4 is 4.74 Å². The summed E-state index contributed by atoms with van der Waals surface area (Å²) in [5, 5.41) is 9.80. The van der Waals surface area contributed by atoms with E-state index in [1.54, 1.807) is 6.07 Å². The molecule has 1 aliphatic heterocycles. The highest BCUT2D eigenvalue weighted by atomic mass is 16.5. The van der Waals surface area contributed by atoms with E-state index in [2.05, 4.69) is 32.0 Å². The molecule has 2 aliphatic rings. The van der Waals surface area contributed by atoms with Gasteiger partial charge in [-0.1, -0.05) is 24.6 Å². The van der Waals surface area contributed by atoms with E-state index in [0.29, 0.717) is 17.6 Å². The van der Waals surface area contributed by atoms with E-state index in [1.165, 1.54) is 41.5 Å². The number of hydrogen-bond donors (Lipinski definition) is 1. The van der Waals surface area contributed by atoms with Gasteiger partial charge < -0.3 is 9.84 Å². The summed E-state index contributed by atoms with van der Waals surface area (Å²) in [4.78, 5) is 0. The highest BCUT2D eigenvalue weighted by molar-refractivity contribution is 5.46. The Morgan fingerprint density at radius 3 is 2.68 bits per heavy atom. The summed E-state index contributed by atoms with van der Waals surface area (Å²) < 4.78 is 6.37. The average Bonchev–Trinajstić information content (AvgIpc) is 2.99. The van der Waals surface area contributed by atoms with Gasteiger partial charge in [-0.2, -0.15) is 0 Å². The molecule has 22 heavy (non-hydrogen) atoms. The minimum absolute atomic E-state index is 0.142. The third kappa shape index (κ3) is 2.09. The lowest BCUT2D eigenvalue weighted by atomic mass is 9.79. The molecule has 0 saturated heterocycles.